The lowest BCUT2D eigenvalue weighted by molar-refractivity contribution is 0.624. The van der Waals surface area contributed by atoms with Gasteiger partial charge in [0, 0.05) is 6.54 Å². The normalized spacial score (nSPS) is 9.00. The maximum atomic E-state index is 12.6. The van der Waals surface area contributed by atoms with Gasteiger partial charge in [0.05, 0.1) is 0 Å². The van der Waals surface area contributed by atoms with Crippen molar-refractivity contribution in [2.45, 2.75) is 13.5 Å². The lowest BCUT2D eigenvalue weighted by atomic mass is 10.1. The van der Waals surface area contributed by atoms with E-state index in [0.29, 0.717) is 6.54 Å². The van der Waals surface area contributed by atoms with Crippen molar-refractivity contribution in [3.8, 4) is 0 Å². The van der Waals surface area contributed by atoms with Crippen LogP contribution in [0.2, 0.25) is 0 Å². The molecule has 0 bridgehead atoms. The summed E-state index contributed by atoms with van der Waals surface area (Å²) >= 11 is 0. The van der Waals surface area contributed by atoms with E-state index in [1.165, 1.54) is 12.1 Å². The van der Waals surface area contributed by atoms with Crippen LogP contribution in [0.5, 0.6) is 0 Å². The monoisotopic (exact) mass is 175 g/mol. The van der Waals surface area contributed by atoms with E-state index in [1.807, 2.05) is 13.0 Å². The number of rotatable bonds is 1. The standard InChI is InChI=1S/C8H10FN.ClH/c1-6-2-7(5-10)4-8(9)3-6;/h2-4H,5,10H2,1H3;1H. The van der Waals surface area contributed by atoms with Crippen LogP contribution in [0.3, 0.4) is 0 Å². The highest BCUT2D eigenvalue weighted by Gasteiger charge is 1.94. The molecule has 0 aliphatic heterocycles. The first-order chi connectivity index (χ1) is 4.72. The topological polar surface area (TPSA) is 26.0 Å². The Morgan fingerprint density at radius 2 is 2.00 bits per heavy atom. The summed E-state index contributed by atoms with van der Waals surface area (Å²) in [6.07, 6.45) is 0. The van der Waals surface area contributed by atoms with Crippen LogP contribution >= 0.6 is 12.4 Å². The van der Waals surface area contributed by atoms with Crippen molar-refractivity contribution in [3.63, 3.8) is 0 Å². The van der Waals surface area contributed by atoms with Gasteiger partial charge in [0.1, 0.15) is 5.82 Å². The van der Waals surface area contributed by atoms with Gasteiger partial charge in [0.15, 0.2) is 0 Å². The molecule has 1 rings (SSSR count). The lowest BCUT2D eigenvalue weighted by Crippen LogP contribution is -1.97. The van der Waals surface area contributed by atoms with Gasteiger partial charge in [-0.05, 0) is 30.2 Å². The molecule has 0 heterocycles. The fraction of sp³-hybridized carbons (Fsp3) is 0.250. The molecule has 0 spiro atoms. The van der Waals surface area contributed by atoms with E-state index < -0.39 is 0 Å². The molecule has 0 amide bonds. The third kappa shape index (κ3) is 2.87. The fourth-order valence-electron chi connectivity index (χ4n) is 0.930. The van der Waals surface area contributed by atoms with Gasteiger partial charge in [-0.2, -0.15) is 0 Å². The van der Waals surface area contributed by atoms with Crippen molar-refractivity contribution in [1.82, 2.24) is 0 Å². The zero-order chi connectivity index (χ0) is 7.56. The van der Waals surface area contributed by atoms with Gasteiger partial charge in [-0.1, -0.05) is 6.07 Å². The minimum absolute atomic E-state index is 0. The minimum Gasteiger partial charge on any atom is -0.326 e. The molecule has 62 valence electrons. The molecule has 0 saturated heterocycles. The van der Waals surface area contributed by atoms with Crippen LogP contribution in [0.4, 0.5) is 4.39 Å². The average Bonchev–Trinajstić information content (AvgIpc) is 1.85. The maximum Gasteiger partial charge on any atom is 0.123 e. The second-order valence-corrected chi connectivity index (χ2v) is 2.34. The van der Waals surface area contributed by atoms with E-state index in [1.54, 1.807) is 0 Å². The zero-order valence-corrected chi connectivity index (χ0v) is 7.12. The first-order valence-electron chi connectivity index (χ1n) is 3.18. The molecule has 11 heavy (non-hydrogen) atoms. The highest BCUT2D eigenvalue weighted by atomic mass is 35.5. The largest absolute Gasteiger partial charge is 0.326 e. The third-order valence-electron chi connectivity index (χ3n) is 1.34. The Morgan fingerprint density at radius 1 is 1.36 bits per heavy atom. The first-order valence-corrected chi connectivity index (χ1v) is 3.18. The van der Waals surface area contributed by atoms with Crippen LogP contribution < -0.4 is 5.73 Å². The summed E-state index contributed by atoms with van der Waals surface area (Å²) in [6.45, 7) is 2.25. The number of hydrogen-bond donors (Lipinski definition) is 1. The van der Waals surface area contributed by atoms with Crippen molar-refractivity contribution >= 4 is 12.4 Å². The van der Waals surface area contributed by atoms with Crippen LogP contribution in [-0.4, -0.2) is 0 Å². The van der Waals surface area contributed by atoms with Crippen LogP contribution in [0.25, 0.3) is 0 Å². The highest BCUT2D eigenvalue weighted by Crippen LogP contribution is 2.06. The molecule has 0 fully saturated rings. The summed E-state index contributed by atoms with van der Waals surface area (Å²) in [6, 6.07) is 4.81. The Bertz CT molecular complexity index is 217. The Hall–Kier alpha value is -0.600. The number of halogens is 2. The minimum atomic E-state index is -0.208. The third-order valence-corrected chi connectivity index (χ3v) is 1.34. The van der Waals surface area contributed by atoms with Crippen molar-refractivity contribution in [3.05, 3.63) is 35.1 Å². The van der Waals surface area contributed by atoms with Gasteiger partial charge >= 0.3 is 0 Å². The molecular weight excluding hydrogens is 165 g/mol. The molecule has 3 heteroatoms. The molecule has 0 aliphatic rings. The van der Waals surface area contributed by atoms with Gasteiger partial charge in [-0.25, -0.2) is 4.39 Å². The van der Waals surface area contributed by atoms with Crippen LogP contribution in [-0.2, 0) is 6.54 Å². The summed E-state index contributed by atoms with van der Waals surface area (Å²) in [7, 11) is 0. The van der Waals surface area contributed by atoms with Gasteiger partial charge in [0.25, 0.3) is 0 Å². The molecule has 1 aromatic carbocycles. The summed E-state index contributed by atoms with van der Waals surface area (Å²) in [4.78, 5) is 0. The maximum absolute atomic E-state index is 12.6. The van der Waals surface area contributed by atoms with Crippen molar-refractivity contribution in [2.24, 2.45) is 5.73 Å². The second-order valence-electron chi connectivity index (χ2n) is 2.34. The predicted octanol–water partition coefficient (Wildman–Crippen LogP) is 2.01. The number of benzene rings is 1. The summed E-state index contributed by atoms with van der Waals surface area (Å²) in [5.41, 5.74) is 7.08. The molecule has 0 atom stereocenters. The molecule has 0 unspecified atom stereocenters. The van der Waals surface area contributed by atoms with Crippen LogP contribution in [0.1, 0.15) is 11.1 Å². The van der Waals surface area contributed by atoms with E-state index in [2.05, 4.69) is 0 Å². The Labute approximate surface area is 71.8 Å². The van der Waals surface area contributed by atoms with E-state index >= 15 is 0 Å². The van der Waals surface area contributed by atoms with E-state index in [4.69, 9.17) is 5.73 Å². The van der Waals surface area contributed by atoms with Gasteiger partial charge in [-0.3, -0.25) is 0 Å². The summed E-state index contributed by atoms with van der Waals surface area (Å²) < 4.78 is 12.6. The molecule has 2 N–H and O–H groups in total. The summed E-state index contributed by atoms with van der Waals surface area (Å²) in [5, 5.41) is 0. The van der Waals surface area contributed by atoms with Crippen LogP contribution in [0, 0.1) is 12.7 Å². The van der Waals surface area contributed by atoms with E-state index in [9.17, 15) is 4.39 Å². The molecule has 0 aliphatic carbocycles. The molecule has 0 aromatic heterocycles. The fourth-order valence-corrected chi connectivity index (χ4v) is 0.930. The van der Waals surface area contributed by atoms with E-state index in [0.717, 1.165) is 11.1 Å². The zero-order valence-electron chi connectivity index (χ0n) is 6.30. The van der Waals surface area contributed by atoms with Gasteiger partial charge in [-0.15, -0.1) is 12.4 Å². The van der Waals surface area contributed by atoms with Crippen LogP contribution in [0.15, 0.2) is 18.2 Å². The smallest absolute Gasteiger partial charge is 0.123 e. The first kappa shape index (κ1) is 10.4. The number of nitrogens with two attached hydrogens (primary N) is 1. The molecule has 0 radical (unpaired) electrons. The summed E-state index contributed by atoms with van der Waals surface area (Å²) in [5.74, 6) is -0.208. The molecule has 0 saturated carbocycles. The quantitative estimate of drug-likeness (QED) is 0.695. The Morgan fingerprint density at radius 3 is 2.45 bits per heavy atom. The van der Waals surface area contributed by atoms with Crippen molar-refractivity contribution in [1.29, 1.82) is 0 Å². The van der Waals surface area contributed by atoms with E-state index in [-0.39, 0.29) is 18.2 Å². The molecule has 1 nitrogen and oxygen atoms in total. The van der Waals surface area contributed by atoms with Crippen molar-refractivity contribution < 1.29 is 4.39 Å². The SMILES string of the molecule is Cc1cc(F)cc(CN)c1.Cl. The van der Waals surface area contributed by atoms with Crippen molar-refractivity contribution in [2.75, 3.05) is 0 Å². The number of hydrogen-bond acceptors (Lipinski definition) is 1. The van der Waals surface area contributed by atoms with Gasteiger partial charge < -0.3 is 5.73 Å². The number of aryl methyl sites for hydroxylation is 1. The van der Waals surface area contributed by atoms with Gasteiger partial charge in [0.2, 0.25) is 0 Å². The average molecular weight is 176 g/mol. The second kappa shape index (κ2) is 4.31. The molecular formula is C8H11ClFN. The lowest BCUT2D eigenvalue weighted by Gasteiger charge is -1.97. The Kier molecular flexibility index (Phi) is 4.08. The Balaban J connectivity index is 0.000001000. The molecule has 1 aromatic rings. The predicted molar refractivity (Wildman–Crippen MR) is 46.3 cm³/mol. The highest BCUT2D eigenvalue weighted by molar-refractivity contribution is 5.85.